The van der Waals surface area contributed by atoms with Crippen molar-refractivity contribution in [3.63, 3.8) is 0 Å². The molecule has 0 spiro atoms. The number of hydrogen-bond acceptors (Lipinski definition) is 7. The Labute approximate surface area is 209 Å². The Bertz CT molecular complexity index is 507. The predicted octanol–water partition coefficient (Wildman–Crippen LogP) is 5.56. The number of aliphatic hydroxyl groups excluding tert-OH is 3. The van der Waals surface area contributed by atoms with Gasteiger partial charge in [-0.25, -0.2) is 0 Å². The summed E-state index contributed by atoms with van der Waals surface area (Å²) in [6.45, 7) is 8.08. The van der Waals surface area contributed by atoms with E-state index >= 15 is 0 Å². The van der Waals surface area contributed by atoms with Crippen molar-refractivity contribution in [3.8, 4) is 0 Å². The highest BCUT2D eigenvalue weighted by atomic mass is 32.3. The first-order valence-electron chi connectivity index (χ1n) is 11.7. The molecule has 34 heavy (non-hydrogen) atoms. The summed E-state index contributed by atoms with van der Waals surface area (Å²) >= 11 is 0. The van der Waals surface area contributed by atoms with Crippen molar-refractivity contribution in [1.82, 2.24) is 12.3 Å². The highest BCUT2D eigenvalue weighted by molar-refractivity contribution is 7.79. The number of unbranched alkanes of at least 4 members (excludes halogenated alkanes) is 9. The molecule has 0 aliphatic carbocycles. The summed E-state index contributed by atoms with van der Waals surface area (Å²) in [6.07, 6.45) is 15.5. The Hall–Kier alpha value is -1.11. The average Bonchev–Trinajstić information content (AvgIpc) is 2.71. The van der Waals surface area contributed by atoms with E-state index in [9.17, 15) is 0 Å². The van der Waals surface area contributed by atoms with Crippen LogP contribution in [0.1, 0.15) is 97.5 Å². The molecule has 1 rings (SSSR count). The third-order valence-electron chi connectivity index (χ3n) is 3.66. The minimum atomic E-state index is -5.17. The van der Waals surface area contributed by atoms with Crippen molar-refractivity contribution >= 4 is 10.4 Å². The summed E-state index contributed by atoms with van der Waals surface area (Å²) in [7, 11) is -5.17. The summed E-state index contributed by atoms with van der Waals surface area (Å²) in [5.41, 5.74) is 1.50. The van der Waals surface area contributed by atoms with E-state index in [2.05, 4.69) is 37.3 Å². The van der Waals surface area contributed by atoms with Crippen LogP contribution in [0.4, 0.5) is 0 Å². The second-order valence-electron chi connectivity index (χ2n) is 6.77. The average molecular weight is 517 g/mol. The molecule has 210 valence electrons. The fraction of sp³-hybridized carbons (Fsp3) is 0.750. The molecule has 0 aliphatic heterocycles. The largest absolute Gasteiger partial charge is 0.759 e. The SMILES string of the molecule is CCCCCCCCCCCCc1ccccc1.CCO.CCO.CCO.O=S(=O)([O-])[O-].[NH4+].[NH4+]. The summed E-state index contributed by atoms with van der Waals surface area (Å²) in [6, 6.07) is 10.9. The number of aliphatic hydroxyl groups is 3. The van der Waals surface area contributed by atoms with E-state index in [-0.39, 0.29) is 32.1 Å². The zero-order valence-corrected chi connectivity index (χ0v) is 23.5. The van der Waals surface area contributed by atoms with Crippen LogP contribution in [0, 0.1) is 0 Å². The molecule has 0 heterocycles. The lowest BCUT2D eigenvalue weighted by Gasteiger charge is -2.06. The topological polar surface area (TPSA) is 214 Å². The fourth-order valence-electron chi connectivity index (χ4n) is 2.46. The van der Waals surface area contributed by atoms with E-state index in [1.54, 1.807) is 20.8 Å². The molecule has 11 N–H and O–H groups in total. The van der Waals surface area contributed by atoms with Crippen LogP contribution in [-0.2, 0) is 16.8 Å². The van der Waals surface area contributed by atoms with Gasteiger partial charge >= 0.3 is 0 Å². The van der Waals surface area contributed by atoms with Gasteiger partial charge in [0, 0.05) is 30.2 Å². The molecule has 10 heteroatoms. The van der Waals surface area contributed by atoms with Gasteiger partial charge in [-0.15, -0.1) is 0 Å². The first-order valence-corrected chi connectivity index (χ1v) is 13.0. The van der Waals surface area contributed by atoms with Crippen molar-refractivity contribution < 1.29 is 32.8 Å². The zero-order valence-electron chi connectivity index (χ0n) is 22.7. The van der Waals surface area contributed by atoms with Gasteiger partial charge in [0.05, 0.1) is 0 Å². The Morgan fingerprint density at radius 3 is 1.18 bits per heavy atom. The maximum absolute atomic E-state index is 8.52. The standard InChI is InChI=1S/C18H30.3C2H6O.2H3N.H2O4S/c1-2-3-4-5-6-7-8-9-10-12-15-18-16-13-11-14-17-18;3*1-2-3;;;1-5(2,3)4/h11,13-14,16-17H,2-10,12,15H2,1H3;3*3H,2H2,1H3;2*1H3;(H2,1,2,3,4). The summed E-state index contributed by atoms with van der Waals surface area (Å²) in [5.74, 6) is 0. The predicted molar refractivity (Wildman–Crippen MR) is 143 cm³/mol. The van der Waals surface area contributed by atoms with Crippen LogP contribution in [0.15, 0.2) is 30.3 Å². The van der Waals surface area contributed by atoms with Crippen molar-refractivity contribution in [2.24, 2.45) is 0 Å². The van der Waals surface area contributed by atoms with Gasteiger partial charge in [0.25, 0.3) is 0 Å². The number of benzene rings is 1. The molecule has 0 unspecified atom stereocenters. The van der Waals surface area contributed by atoms with Gasteiger partial charge in [-0.1, -0.05) is 95.0 Å². The minimum absolute atomic E-state index is 0. The molecular weight excluding hydrogens is 460 g/mol. The Kier molecular flexibility index (Phi) is 57.3. The van der Waals surface area contributed by atoms with Crippen LogP contribution < -0.4 is 12.3 Å². The quantitative estimate of drug-likeness (QED) is 0.143. The number of quaternary nitrogens is 2. The van der Waals surface area contributed by atoms with Gasteiger partial charge in [0.15, 0.2) is 0 Å². The maximum Gasteiger partial charge on any atom is 0.0402 e. The third-order valence-corrected chi connectivity index (χ3v) is 3.66. The molecule has 9 nitrogen and oxygen atoms in total. The van der Waals surface area contributed by atoms with Crippen LogP contribution in [-0.4, -0.2) is 52.7 Å². The van der Waals surface area contributed by atoms with E-state index < -0.39 is 10.4 Å². The number of rotatable bonds is 11. The van der Waals surface area contributed by atoms with Crippen LogP contribution in [0.3, 0.4) is 0 Å². The van der Waals surface area contributed by atoms with Crippen LogP contribution >= 0.6 is 0 Å². The van der Waals surface area contributed by atoms with Gasteiger partial charge in [-0.3, -0.25) is 8.42 Å². The molecule has 1 aromatic carbocycles. The Morgan fingerprint density at radius 1 is 0.618 bits per heavy atom. The molecule has 0 radical (unpaired) electrons. The van der Waals surface area contributed by atoms with Crippen molar-refractivity contribution in [2.75, 3.05) is 19.8 Å². The van der Waals surface area contributed by atoms with Crippen molar-refractivity contribution in [2.45, 2.75) is 98.3 Å². The number of hydrogen-bond donors (Lipinski definition) is 5. The molecule has 0 fully saturated rings. The summed E-state index contributed by atoms with van der Waals surface area (Å²) in [5, 5.41) is 22.7. The highest BCUT2D eigenvalue weighted by Crippen LogP contribution is 2.12. The molecule has 1 aromatic rings. The van der Waals surface area contributed by atoms with E-state index in [0.29, 0.717) is 0 Å². The van der Waals surface area contributed by atoms with Gasteiger partial charge in [0.1, 0.15) is 0 Å². The van der Waals surface area contributed by atoms with Crippen LogP contribution in [0.2, 0.25) is 0 Å². The zero-order chi connectivity index (χ0) is 25.5. The summed E-state index contributed by atoms with van der Waals surface area (Å²) in [4.78, 5) is 0. The molecular formula is C24H56N2O7S. The molecule has 0 aromatic heterocycles. The van der Waals surface area contributed by atoms with Gasteiger partial charge in [-0.05, 0) is 39.2 Å². The normalized spacial score (nSPS) is 8.97. The first-order chi connectivity index (χ1) is 15.2. The third kappa shape index (κ3) is 77.3. The molecule has 0 amide bonds. The first kappa shape index (κ1) is 46.3. The number of aryl methyl sites for hydroxylation is 1. The lowest BCUT2D eigenvalue weighted by Crippen LogP contribution is -1.91. The second kappa shape index (κ2) is 42.1. The Morgan fingerprint density at radius 2 is 0.882 bits per heavy atom. The second-order valence-corrected chi connectivity index (χ2v) is 7.59. The van der Waals surface area contributed by atoms with Crippen LogP contribution in [0.5, 0.6) is 0 Å². The van der Waals surface area contributed by atoms with Gasteiger partial charge in [0.2, 0.25) is 0 Å². The summed E-state index contributed by atoms with van der Waals surface area (Å²) < 4.78 is 34.1. The van der Waals surface area contributed by atoms with Crippen LogP contribution in [0.25, 0.3) is 0 Å². The van der Waals surface area contributed by atoms with E-state index in [4.69, 9.17) is 32.8 Å². The fourth-order valence-corrected chi connectivity index (χ4v) is 2.46. The molecule has 0 saturated heterocycles. The van der Waals surface area contributed by atoms with Gasteiger partial charge in [-0.2, -0.15) is 0 Å². The highest BCUT2D eigenvalue weighted by Gasteiger charge is 1.94. The Balaban J connectivity index is -0.000000102. The molecule has 0 atom stereocenters. The lowest BCUT2D eigenvalue weighted by atomic mass is 10.0. The van der Waals surface area contributed by atoms with E-state index in [1.807, 2.05) is 0 Å². The van der Waals surface area contributed by atoms with Gasteiger partial charge < -0.3 is 36.7 Å². The molecule has 0 aliphatic rings. The van der Waals surface area contributed by atoms with E-state index in [0.717, 1.165) is 0 Å². The molecule has 0 saturated carbocycles. The monoisotopic (exact) mass is 516 g/mol. The van der Waals surface area contributed by atoms with Crippen molar-refractivity contribution in [1.29, 1.82) is 0 Å². The molecule has 0 bridgehead atoms. The maximum atomic E-state index is 8.52. The smallest absolute Gasteiger partial charge is 0.0402 e. The minimum Gasteiger partial charge on any atom is -0.759 e. The van der Waals surface area contributed by atoms with E-state index in [1.165, 1.54) is 76.2 Å². The van der Waals surface area contributed by atoms with Crippen molar-refractivity contribution in [3.05, 3.63) is 35.9 Å². The lowest BCUT2D eigenvalue weighted by molar-refractivity contribution is 0.318.